The largest absolute Gasteiger partial charge is 0.491 e. The standard InChI is InChI=1S/C19H17NO2/c1-21-18-13-20-12-17(16-10-6-3-7-11-16)19(18)22-14-15-8-4-2-5-9-15/h2-13H,14H2,1H3. The highest BCUT2D eigenvalue weighted by atomic mass is 16.5. The Morgan fingerprint density at radius 1 is 0.864 bits per heavy atom. The van der Waals surface area contributed by atoms with Crippen molar-refractivity contribution in [3.8, 4) is 22.6 Å². The monoisotopic (exact) mass is 291 g/mol. The maximum absolute atomic E-state index is 6.03. The van der Waals surface area contributed by atoms with Crippen molar-refractivity contribution >= 4 is 0 Å². The maximum atomic E-state index is 6.03. The molecule has 0 aliphatic rings. The Bertz CT molecular complexity index is 727. The van der Waals surface area contributed by atoms with E-state index in [0.29, 0.717) is 18.1 Å². The first-order chi connectivity index (χ1) is 10.9. The molecule has 0 radical (unpaired) electrons. The smallest absolute Gasteiger partial charge is 0.179 e. The topological polar surface area (TPSA) is 31.4 Å². The van der Waals surface area contributed by atoms with Gasteiger partial charge in [-0.05, 0) is 11.1 Å². The molecule has 0 saturated carbocycles. The fraction of sp³-hybridized carbons (Fsp3) is 0.105. The Balaban J connectivity index is 1.94. The van der Waals surface area contributed by atoms with E-state index < -0.39 is 0 Å². The number of methoxy groups -OCH3 is 1. The molecule has 3 nitrogen and oxygen atoms in total. The molecule has 0 spiro atoms. The average Bonchev–Trinajstić information content (AvgIpc) is 2.61. The van der Waals surface area contributed by atoms with Gasteiger partial charge in [-0.3, -0.25) is 4.98 Å². The van der Waals surface area contributed by atoms with Gasteiger partial charge in [0, 0.05) is 11.8 Å². The van der Waals surface area contributed by atoms with Crippen LogP contribution in [0, 0.1) is 0 Å². The fourth-order valence-electron chi connectivity index (χ4n) is 2.28. The van der Waals surface area contributed by atoms with Gasteiger partial charge in [0.1, 0.15) is 6.61 Å². The number of rotatable bonds is 5. The minimum absolute atomic E-state index is 0.487. The maximum Gasteiger partial charge on any atom is 0.179 e. The van der Waals surface area contributed by atoms with Crippen molar-refractivity contribution in [2.75, 3.05) is 7.11 Å². The minimum Gasteiger partial charge on any atom is -0.491 e. The molecule has 3 aromatic rings. The third kappa shape index (κ3) is 3.09. The lowest BCUT2D eigenvalue weighted by Gasteiger charge is -2.14. The lowest BCUT2D eigenvalue weighted by Crippen LogP contribution is -2.00. The van der Waals surface area contributed by atoms with Crippen molar-refractivity contribution in [1.29, 1.82) is 0 Å². The van der Waals surface area contributed by atoms with Gasteiger partial charge in [0.25, 0.3) is 0 Å². The zero-order valence-corrected chi connectivity index (χ0v) is 12.4. The van der Waals surface area contributed by atoms with Crippen LogP contribution in [0.3, 0.4) is 0 Å². The zero-order valence-electron chi connectivity index (χ0n) is 12.4. The second-order valence-electron chi connectivity index (χ2n) is 4.86. The molecule has 22 heavy (non-hydrogen) atoms. The van der Waals surface area contributed by atoms with Crippen molar-refractivity contribution in [1.82, 2.24) is 4.98 Å². The molecule has 0 aliphatic carbocycles. The van der Waals surface area contributed by atoms with E-state index in [2.05, 4.69) is 4.98 Å². The highest BCUT2D eigenvalue weighted by Gasteiger charge is 2.13. The van der Waals surface area contributed by atoms with Crippen LogP contribution in [0.5, 0.6) is 11.5 Å². The molecule has 110 valence electrons. The minimum atomic E-state index is 0.487. The first-order valence-corrected chi connectivity index (χ1v) is 7.12. The zero-order chi connectivity index (χ0) is 15.2. The van der Waals surface area contributed by atoms with Crippen LogP contribution >= 0.6 is 0 Å². The van der Waals surface area contributed by atoms with Crippen LogP contribution in [0.15, 0.2) is 73.1 Å². The Morgan fingerprint density at radius 3 is 2.23 bits per heavy atom. The number of ether oxygens (including phenoxy) is 2. The van der Waals surface area contributed by atoms with Crippen LogP contribution in [0.4, 0.5) is 0 Å². The van der Waals surface area contributed by atoms with Gasteiger partial charge >= 0.3 is 0 Å². The van der Waals surface area contributed by atoms with E-state index in [1.165, 1.54) is 0 Å². The number of benzene rings is 2. The normalized spacial score (nSPS) is 10.2. The molecule has 2 aromatic carbocycles. The van der Waals surface area contributed by atoms with Crippen molar-refractivity contribution < 1.29 is 9.47 Å². The molecular weight excluding hydrogens is 274 g/mol. The predicted octanol–water partition coefficient (Wildman–Crippen LogP) is 4.34. The average molecular weight is 291 g/mol. The van der Waals surface area contributed by atoms with Gasteiger partial charge in [-0.1, -0.05) is 60.7 Å². The Kier molecular flexibility index (Phi) is 4.35. The van der Waals surface area contributed by atoms with E-state index in [9.17, 15) is 0 Å². The Morgan fingerprint density at radius 2 is 1.55 bits per heavy atom. The molecule has 0 unspecified atom stereocenters. The molecule has 0 bridgehead atoms. The van der Waals surface area contributed by atoms with Crippen molar-refractivity contribution in [3.63, 3.8) is 0 Å². The van der Waals surface area contributed by atoms with Gasteiger partial charge in [-0.25, -0.2) is 0 Å². The molecule has 0 atom stereocenters. The van der Waals surface area contributed by atoms with Crippen molar-refractivity contribution in [3.05, 3.63) is 78.6 Å². The first kappa shape index (κ1) is 14.1. The van der Waals surface area contributed by atoms with E-state index in [1.807, 2.05) is 60.7 Å². The summed E-state index contributed by atoms with van der Waals surface area (Å²) in [5, 5.41) is 0. The summed E-state index contributed by atoms with van der Waals surface area (Å²) in [6, 6.07) is 20.1. The van der Waals surface area contributed by atoms with E-state index in [1.54, 1.807) is 19.5 Å². The number of pyridine rings is 1. The van der Waals surface area contributed by atoms with Gasteiger partial charge in [0.05, 0.1) is 13.3 Å². The lowest BCUT2D eigenvalue weighted by molar-refractivity contribution is 0.285. The van der Waals surface area contributed by atoms with Crippen molar-refractivity contribution in [2.45, 2.75) is 6.61 Å². The molecular formula is C19H17NO2. The summed E-state index contributed by atoms with van der Waals surface area (Å²) in [5.41, 5.74) is 3.09. The van der Waals surface area contributed by atoms with Crippen LogP contribution in [0.1, 0.15) is 5.56 Å². The lowest BCUT2D eigenvalue weighted by atomic mass is 10.1. The Hall–Kier alpha value is -2.81. The molecule has 0 amide bonds. The summed E-state index contributed by atoms with van der Waals surface area (Å²) in [6.07, 6.45) is 3.48. The molecule has 0 saturated heterocycles. The summed E-state index contributed by atoms with van der Waals surface area (Å²) in [7, 11) is 1.63. The first-order valence-electron chi connectivity index (χ1n) is 7.12. The van der Waals surface area contributed by atoms with Crippen LogP contribution < -0.4 is 9.47 Å². The molecule has 1 heterocycles. The SMILES string of the molecule is COc1cncc(-c2ccccc2)c1OCc1ccccc1. The highest BCUT2D eigenvalue weighted by Crippen LogP contribution is 2.37. The highest BCUT2D eigenvalue weighted by molar-refractivity contribution is 5.72. The van der Waals surface area contributed by atoms with E-state index in [4.69, 9.17) is 9.47 Å². The van der Waals surface area contributed by atoms with E-state index in [-0.39, 0.29) is 0 Å². The number of hydrogen-bond acceptors (Lipinski definition) is 3. The summed E-state index contributed by atoms with van der Waals surface area (Å²) in [4.78, 5) is 4.24. The molecule has 1 aromatic heterocycles. The predicted molar refractivity (Wildman–Crippen MR) is 87.0 cm³/mol. The van der Waals surface area contributed by atoms with Gasteiger partial charge in [0.15, 0.2) is 11.5 Å². The Labute approximate surface area is 130 Å². The third-order valence-electron chi connectivity index (χ3n) is 3.39. The number of nitrogens with zero attached hydrogens (tertiary/aromatic N) is 1. The molecule has 3 rings (SSSR count). The van der Waals surface area contributed by atoms with Gasteiger partial charge in [-0.2, -0.15) is 0 Å². The van der Waals surface area contributed by atoms with Crippen LogP contribution in [0.25, 0.3) is 11.1 Å². The molecule has 0 aliphatic heterocycles. The number of hydrogen-bond donors (Lipinski definition) is 0. The van der Waals surface area contributed by atoms with Gasteiger partial charge in [0.2, 0.25) is 0 Å². The third-order valence-corrected chi connectivity index (χ3v) is 3.39. The second kappa shape index (κ2) is 6.76. The van der Waals surface area contributed by atoms with E-state index in [0.717, 1.165) is 16.7 Å². The molecule has 0 fully saturated rings. The van der Waals surface area contributed by atoms with Gasteiger partial charge in [-0.15, -0.1) is 0 Å². The van der Waals surface area contributed by atoms with Gasteiger partial charge < -0.3 is 9.47 Å². The van der Waals surface area contributed by atoms with E-state index >= 15 is 0 Å². The van der Waals surface area contributed by atoms with Crippen LogP contribution in [-0.4, -0.2) is 12.1 Å². The fourth-order valence-corrected chi connectivity index (χ4v) is 2.28. The number of aromatic nitrogens is 1. The summed E-state index contributed by atoms with van der Waals surface area (Å²) >= 11 is 0. The molecule has 3 heteroatoms. The summed E-state index contributed by atoms with van der Waals surface area (Å²) in [5.74, 6) is 1.35. The second-order valence-corrected chi connectivity index (χ2v) is 4.86. The quantitative estimate of drug-likeness (QED) is 0.701. The molecule has 0 N–H and O–H groups in total. The van der Waals surface area contributed by atoms with Crippen LogP contribution in [0.2, 0.25) is 0 Å². The van der Waals surface area contributed by atoms with Crippen LogP contribution in [-0.2, 0) is 6.61 Å². The summed E-state index contributed by atoms with van der Waals surface area (Å²) in [6.45, 7) is 0.487. The van der Waals surface area contributed by atoms with Crippen molar-refractivity contribution in [2.24, 2.45) is 0 Å². The summed E-state index contributed by atoms with van der Waals surface area (Å²) < 4.78 is 11.4.